The number of methoxy groups -OCH3 is 1. The fourth-order valence-corrected chi connectivity index (χ4v) is 2.39. The topological polar surface area (TPSA) is 96.0 Å². The maximum absolute atomic E-state index is 13.4. The predicted octanol–water partition coefficient (Wildman–Crippen LogP) is 3.80. The van der Waals surface area contributed by atoms with E-state index in [1.165, 1.54) is 19.5 Å². The number of benzene rings is 1. The Morgan fingerprint density at radius 1 is 1.17 bits per heavy atom. The molecule has 30 heavy (non-hydrogen) atoms. The van der Waals surface area contributed by atoms with E-state index >= 15 is 0 Å². The van der Waals surface area contributed by atoms with Crippen molar-refractivity contribution in [1.29, 1.82) is 0 Å². The molecule has 0 aliphatic rings. The van der Waals surface area contributed by atoms with E-state index < -0.39 is 35.6 Å². The molecule has 2 N–H and O–H groups in total. The summed E-state index contributed by atoms with van der Waals surface area (Å²) in [6, 6.07) is 1.29. The molecular weight excluding hydrogens is 415 g/mol. The van der Waals surface area contributed by atoms with Gasteiger partial charge in [-0.25, -0.2) is 36.7 Å². The van der Waals surface area contributed by atoms with Crippen molar-refractivity contribution in [3.8, 4) is 6.01 Å². The van der Waals surface area contributed by atoms with Crippen molar-refractivity contribution in [2.75, 3.05) is 17.3 Å². The minimum Gasteiger partial charge on any atom is -0.467 e. The first-order chi connectivity index (χ1) is 14.3. The van der Waals surface area contributed by atoms with E-state index in [1.54, 1.807) is 0 Å². The monoisotopic (exact) mass is 428 g/mol. The minimum absolute atomic E-state index is 0.00143. The maximum Gasteiger partial charge on any atom is 0.326 e. The zero-order valence-corrected chi connectivity index (χ0v) is 15.2. The molecule has 0 atom stereocenters. The van der Waals surface area contributed by atoms with Crippen LogP contribution in [0.15, 0.2) is 30.6 Å². The zero-order valence-electron chi connectivity index (χ0n) is 15.2. The number of carbonyl (C=O) groups is 1. The number of H-pyrrole nitrogens is 1. The molecule has 0 unspecified atom stereocenters. The Labute approximate surface area is 165 Å². The lowest BCUT2D eigenvalue weighted by molar-refractivity contribution is 0.146. The second-order valence-corrected chi connectivity index (χ2v) is 5.81. The van der Waals surface area contributed by atoms with E-state index in [9.17, 15) is 26.7 Å². The van der Waals surface area contributed by atoms with Gasteiger partial charge >= 0.3 is 12.0 Å². The number of carbonyl (C=O) groups excluding carboxylic acids is 1. The van der Waals surface area contributed by atoms with Crippen LogP contribution in [0.1, 0.15) is 17.8 Å². The number of aromatic nitrogens is 4. The Morgan fingerprint density at radius 2 is 1.80 bits per heavy atom. The molecule has 2 heterocycles. The molecule has 0 fully saturated rings. The van der Waals surface area contributed by atoms with Crippen LogP contribution in [0.25, 0.3) is 0 Å². The van der Waals surface area contributed by atoms with Gasteiger partial charge in [0.2, 0.25) is 0 Å². The Kier molecular flexibility index (Phi) is 6.09. The molecule has 3 aromatic rings. The van der Waals surface area contributed by atoms with E-state index in [2.05, 4.69) is 25.5 Å². The highest BCUT2D eigenvalue weighted by Gasteiger charge is 2.21. The summed E-state index contributed by atoms with van der Waals surface area (Å²) in [5.41, 5.74) is -0.671. The molecule has 2 amide bonds. The largest absolute Gasteiger partial charge is 0.467 e. The zero-order chi connectivity index (χ0) is 21.8. The maximum atomic E-state index is 13.4. The molecule has 2 aromatic heterocycles. The van der Waals surface area contributed by atoms with Crippen LogP contribution in [0.5, 0.6) is 6.01 Å². The van der Waals surface area contributed by atoms with Crippen LogP contribution in [-0.2, 0) is 6.54 Å². The number of hydrogen-bond donors (Lipinski definition) is 2. The van der Waals surface area contributed by atoms with Crippen molar-refractivity contribution in [2.24, 2.45) is 0 Å². The highest BCUT2D eigenvalue weighted by Crippen LogP contribution is 2.22. The third kappa shape index (κ3) is 4.61. The van der Waals surface area contributed by atoms with Crippen molar-refractivity contribution < 1.29 is 31.5 Å². The van der Waals surface area contributed by atoms with Gasteiger partial charge in [0.25, 0.3) is 6.43 Å². The van der Waals surface area contributed by atoms with Crippen molar-refractivity contribution >= 4 is 17.4 Å². The first-order valence-electron chi connectivity index (χ1n) is 8.20. The summed E-state index contributed by atoms with van der Waals surface area (Å²) in [6.07, 6.45) is -0.390. The smallest absolute Gasteiger partial charge is 0.326 e. The van der Waals surface area contributed by atoms with Gasteiger partial charge in [0.15, 0.2) is 17.5 Å². The molecule has 0 spiro atoms. The van der Waals surface area contributed by atoms with Gasteiger partial charge in [-0.1, -0.05) is 0 Å². The Balaban J connectivity index is 1.89. The van der Waals surface area contributed by atoms with Crippen LogP contribution in [0.3, 0.4) is 0 Å². The number of hydrogen-bond acceptors (Lipinski definition) is 5. The lowest BCUT2D eigenvalue weighted by Crippen LogP contribution is -2.35. The first-order valence-corrected chi connectivity index (χ1v) is 8.20. The molecule has 3 rings (SSSR count). The second-order valence-electron chi connectivity index (χ2n) is 5.81. The van der Waals surface area contributed by atoms with Gasteiger partial charge in [0.1, 0.15) is 5.69 Å². The van der Waals surface area contributed by atoms with E-state index in [-0.39, 0.29) is 29.6 Å². The summed E-state index contributed by atoms with van der Waals surface area (Å²) in [5.74, 6) is -4.69. The van der Waals surface area contributed by atoms with Crippen LogP contribution in [0, 0.1) is 17.5 Å². The van der Waals surface area contributed by atoms with Crippen LogP contribution in [0.2, 0.25) is 0 Å². The molecule has 0 saturated heterocycles. The van der Waals surface area contributed by atoms with Crippen molar-refractivity contribution in [3.63, 3.8) is 0 Å². The Hall–Kier alpha value is -3.77. The molecule has 1 aromatic carbocycles. The van der Waals surface area contributed by atoms with E-state index in [1.807, 2.05) is 0 Å². The number of ether oxygens (including phenoxy) is 1. The number of aromatic amines is 1. The van der Waals surface area contributed by atoms with Crippen molar-refractivity contribution in [3.05, 3.63) is 59.4 Å². The van der Waals surface area contributed by atoms with Crippen LogP contribution in [-0.4, -0.2) is 33.3 Å². The molecular formula is C17H13F5N6O2. The molecule has 8 nitrogen and oxygen atoms in total. The Morgan fingerprint density at radius 3 is 2.33 bits per heavy atom. The third-order valence-electron chi connectivity index (χ3n) is 3.79. The number of urea groups is 1. The normalized spacial score (nSPS) is 10.9. The van der Waals surface area contributed by atoms with Gasteiger partial charge in [0, 0.05) is 17.8 Å². The summed E-state index contributed by atoms with van der Waals surface area (Å²) in [6.45, 7) is -0.323. The molecule has 0 aliphatic carbocycles. The van der Waals surface area contributed by atoms with Gasteiger partial charge in [-0.3, -0.25) is 10.00 Å². The number of nitrogens with one attached hydrogen (secondary N) is 2. The number of anilines is 2. The number of nitrogens with zero attached hydrogens (tertiary/aromatic N) is 4. The number of alkyl halides is 2. The second kappa shape index (κ2) is 8.71. The van der Waals surface area contributed by atoms with Gasteiger partial charge in [0.05, 0.1) is 37.4 Å². The number of rotatable bonds is 6. The SMILES string of the molecule is COc1ncc(N(Cc2cc(C(F)F)[nH]n2)C(=O)Nc2cc(F)c(F)c(F)c2)cn1. The molecule has 0 bridgehead atoms. The van der Waals surface area contributed by atoms with Gasteiger partial charge in [-0.2, -0.15) is 5.10 Å². The molecule has 0 saturated carbocycles. The lowest BCUT2D eigenvalue weighted by atomic mass is 10.3. The molecule has 0 radical (unpaired) electrons. The minimum atomic E-state index is -2.80. The van der Waals surface area contributed by atoms with Crippen LogP contribution >= 0.6 is 0 Å². The van der Waals surface area contributed by atoms with Gasteiger partial charge in [-0.15, -0.1) is 0 Å². The van der Waals surface area contributed by atoms with Crippen molar-refractivity contribution in [1.82, 2.24) is 20.2 Å². The van der Waals surface area contributed by atoms with E-state index in [0.29, 0.717) is 12.1 Å². The molecule has 13 heteroatoms. The lowest BCUT2D eigenvalue weighted by Gasteiger charge is -2.22. The summed E-state index contributed by atoms with van der Waals surface area (Å²) < 4.78 is 70.4. The van der Waals surface area contributed by atoms with E-state index in [0.717, 1.165) is 11.0 Å². The van der Waals surface area contributed by atoms with E-state index in [4.69, 9.17) is 4.74 Å². The molecule has 0 aliphatic heterocycles. The van der Waals surface area contributed by atoms with Crippen LogP contribution in [0.4, 0.5) is 38.1 Å². The average Bonchev–Trinajstić information content (AvgIpc) is 3.19. The summed E-state index contributed by atoms with van der Waals surface area (Å²) >= 11 is 0. The summed E-state index contributed by atoms with van der Waals surface area (Å²) in [5, 5.41) is 8.04. The first kappa shape index (κ1) is 21.0. The summed E-state index contributed by atoms with van der Waals surface area (Å²) in [4.78, 5) is 21.4. The number of amides is 2. The highest BCUT2D eigenvalue weighted by atomic mass is 19.3. The van der Waals surface area contributed by atoms with Gasteiger partial charge < -0.3 is 10.1 Å². The average molecular weight is 428 g/mol. The highest BCUT2D eigenvalue weighted by molar-refractivity contribution is 6.01. The number of halogens is 5. The van der Waals surface area contributed by atoms with Crippen molar-refractivity contribution in [2.45, 2.75) is 13.0 Å². The van der Waals surface area contributed by atoms with Gasteiger partial charge in [-0.05, 0) is 6.07 Å². The quantitative estimate of drug-likeness (QED) is 0.460. The fraction of sp³-hybridized carbons (Fsp3) is 0.176. The molecule has 158 valence electrons. The Bertz CT molecular complexity index is 1020. The van der Waals surface area contributed by atoms with Crippen LogP contribution < -0.4 is 15.0 Å². The predicted molar refractivity (Wildman–Crippen MR) is 93.6 cm³/mol. The standard InChI is InChI=1S/C17H13F5N6O2/c1-30-16-23-5-10(6-24-16)28(7-9-4-13(15(21)22)27-26-9)17(29)25-8-2-11(18)14(20)12(19)3-8/h2-6,15H,7H2,1H3,(H,25,29)(H,26,27). The third-order valence-corrected chi connectivity index (χ3v) is 3.79. The fourth-order valence-electron chi connectivity index (χ4n) is 2.39. The summed E-state index contributed by atoms with van der Waals surface area (Å²) in [7, 11) is 1.33.